The van der Waals surface area contributed by atoms with Crippen molar-refractivity contribution in [3.05, 3.63) is 0 Å². The van der Waals surface area contributed by atoms with Gasteiger partial charge in [0, 0.05) is 0 Å². The molecule has 0 aromatic carbocycles. The second-order valence-corrected chi connectivity index (χ2v) is 1.19. The van der Waals surface area contributed by atoms with Gasteiger partial charge in [0.25, 0.3) is 0 Å². The molecule has 1 aromatic rings. The first-order chi connectivity index (χ1) is 4.31. The van der Waals surface area contributed by atoms with Gasteiger partial charge in [0.2, 0.25) is 5.95 Å². The number of nitrogens with two attached hydrogens (primary N) is 2. The van der Waals surface area contributed by atoms with E-state index >= 15 is 0 Å². The van der Waals surface area contributed by atoms with Crippen molar-refractivity contribution in [3.8, 4) is 0 Å². The van der Waals surface area contributed by atoms with Gasteiger partial charge in [0.15, 0.2) is 0 Å². The molecule has 0 fully saturated rings. The van der Waals surface area contributed by atoms with Gasteiger partial charge in [-0.05, 0) is 17.0 Å². The Labute approximate surface area is 52.6 Å². The van der Waals surface area contributed by atoms with Crippen molar-refractivity contribution in [1.29, 1.82) is 0 Å². The Kier molecular flexibility index (Phi) is 4.33. The van der Waals surface area contributed by atoms with Gasteiger partial charge in [-0.3, -0.25) is 0 Å². The minimum atomic E-state index is 0.245. The van der Waals surface area contributed by atoms with Crippen molar-refractivity contribution in [1.82, 2.24) is 20.6 Å². The zero-order valence-electron chi connectivity index (χ0n) is 5.20. The summed E-state index contributed by atoms with van der Waals surface area (Å²) in [5.41, 5.74) is 9.83. The van der Waals surface area contributed by atoms with Crippen LogP contribution in [0.4, 0.5) is 5.95 Å². The van der Waals surface area contributed by atoms with Crippen LogP contribution in [-0.4, -0.2) is 27.2 Å². The fourth-order valence-corrected chi connectivity index (χ4v) is 0.166. The fraction of sp³-hybridized carbons (Fsp3) is 0.667. The SMILES string of the molecule is CCN.Nc1nnn[nH]1. The molecule has 5 N–H and O–H groups in total. The van der Waals surface area contributed by atoms with Crippen LogP contribution in [0.1, 0.15) is 6.92 Å². The molecule has 0 spiro atoms. The molecule has 52 valence electrons. The van der Waals surface area contributed by atoms with Crippen molar-refractivity contribution >= 4 is 5.95 Å². The molecule has 0 atom stereocenters. The van der Waals surface area contributed by atoms with Gasteiger partial charge < -0.3 is 11.5 Å². The lowest BCUT2D eigenvalue weighted by molar-refractivity contribution is 0.881. The number of aromatic amines is 1. The maximum absolute atomic E-state index is 4.99. The van der Waals surface area contributed by atoms with Crippen molar-refractivity contribution < 1.29 is 0 Å². The molecule has 0 saturated heterocycles. The Balaban J connectivity index is 0.000000187. The number of nitrogens with zero attached hydrogens (tertiary/aromatic N) is 3. The van der Waals surface area contributed by atoms with Crippen LogP contribution >= 0.6 is 0 Å². The molecule has 0 aliphatic heterocycles. The molecule has 6 nitrogen and oxygen atoms in total. The van der Waals surface area contributed by atoms with E-state index in [1.54, 1.807) is 0 Å². The summed E-state index contributed by atoms with van der Waals surface area (Å²) >= 11 is 0. The largest absolute Gasteiger partial charge is 0.367 e. The Bertz CT molecular complexity index is 123. The molecule has 9 heavy (non-hydrogen) atoms. The van der Waals surface area contributed by atoms with E-state index in [9.17, 15) is 0 Å². The lowest BCUT2D eigenvalue weighted by Crippen LogP contribution is -1.87. The summed E-state index contributed by atoms with van der Waals surface area (Å²) in [4.78, 5) is 0. The maximum Gasteiger partial charge on any atom is 0.237 e. The Morgan fingerprint density at radius 2 is 2.22 bits per heavy atom. The molecule has 0 saturated carbocycles. The van der Waals surface area contributed by atoms with E-state index in [1.165, 1.54) is 0 Å². The van der Waals surface area contributed by atoms with Gasteiger partial charge in [-0.2, -0.15) is 0 Å². The number of aromatic nitrogens is 4. The van der Waals surface area contributed by atoms with Crippen LogP contribution in [0.3, 0.4) is 0 Å². The highest BCUT2D eigenvalue weighted by atomic mass is 15.5. The monoisotopic (exact) mass is 130 g/mol. The highest BCUT2D eigenvalue weighted by molar-refractivity contribution is 5.05. The molecular formula is C3H10N6. The highest BCUT2D eigenvalue weighted by Gasteiger charge is 1.77. The van der Waals surface area contributed by atoms with Crippen LogP contribution in [0.15, 0.2) is 0 Å². The van der Waals surface area contributed by atoms with Crippen molar-refractivity contribution in [2.75, 3.05) is 12.3 Å². The smallest absolute Gasteiger partial charge is 0.237 e. The highest BCUT2D eigenvalue weighted by Crippen LogP contribution is 1.72. The number of nitrogen functional groups attached to an aromatic ring is 1. The van der Waals surface area contributed by atoms with Gasteiger partial charge in [-0.1, -0.05) is 12.0 Å². The van der Waals surface area contributed by atoms with Crippen molar-refractivity contribution in [3.63, 3.8) is 0 Å². The fourth-order valence-electron chi connectivity index (χ4n) is 0.166. The van der Waals surface area contributed by atoms with Gasteiger partial charge >= 0.3 is 0 Å². The number of tetrazole rings is 1. The van der Waals surface area contributed by atoms with Gasteiger partial charge in [-0.25, -0.2) is 5.10 Å². The average molecular weight is 130 g/mol. The summed E-state index contributed by atoms with van der Waals surface area (Å²) in [6.07, 6.45) is 0. The van der Waals surface area contributed by atoms with Crippen LogP contribution < -0.4 is 11.5 Å². The number of nitrogens with one attached hydrogen (secondary N) is 1. The van der Waals surface area contributed by atoms with E-state index in [4.69, 9.17) is 11.5 Å². The lowest BCUT2D eigenvalue weighted by atomic mass is 10.8. The van der Waals surface area contributed by atoms with Gasteiger partial charge in [-0.15, -0.1) is 0 Å². The first-order valence-electron chi connectivity index (χ1n) is 2.50. The zero-order valence-corrected chi connectivity index (χ0v) is 5.20. The van der Waals surface area contributed by atoms with Crippen LogP contribution in [0, 0.1) is 0 Å². The molecule has 0 unspecified atom stereocenters. The minimum Gasteiger partial charge on any atom is -0.367 e. The van der Waals surface area contributed by atoms with E-state index in [0.29, 0.717) is 0 Å². The Morgan fingerprint density at radius 3 is 2.33 bits per heavy atom. The number of hydrogen-bond donors (Lipinski definition) is 3. The number of rotatable bonds is 0. The second kappa shape index (κ2) is 4.98. The Morgan fingerprint density at radius 1 is 1.67 bits per heavy atom. The quantitative estimate of drug-likeness (QED) is 0.406. The zero-order chi connectivity index (χ0) is 7.11. The van der Waals surface area contributed by atoms with E-state index in [1.807, 2.05) is 6.92 Å². The molecular weight excluding hydrogens is 120 g/mol. The summed E-state index contributed by atoms with van der Waals surface area (Å²) in [7, 11) is 0. The summed E-state index contributed by atoms with van der Waals surface area (Å²) in [6.45, 7) is 2.65. The van der Waals surface area contributed by atoms with Crippen molar-refractivity contribution in [2.45, 2.75) is 6.92 Å². The number of anilines is 1. The average Bonchev–Trinajstić information content (AvgIpc) is 2.20. The van der Waals surface area contributed by atoms with E-state index in [-0.39, 0.29) is 5.95 Å². The molecule has 0 radical (unpaired) electrons. The predicted octanol–water partition coefficient (Wildman–Crippen LogP) is -1.25. The molecule has 0 bridgehead atoms. The molecule has 0 aliphatic rings. The lowest BCUT2D eigenvalue weighted by Gasteiger charge is -1.65. The summed E-state index contributed by atoms with van der Waals surface area (Å²) < 4.78 is 0. The Hall–Kier alpha value is -1.17. The first kappa shape index (κ1) is 7.83. The third kappa shape index (κ3) is 4.69. The minimum absolute atomic E-state index is 0.245. The number of H-pyrrole nitrogens is 1. The van der Waals surface area contributed by atoms with Crippen LogP contribution in [-0.2, 0) is 0 Å². The van der Waals surface area contributed by atoms with Crippen molar-refractivity contribution in [2.24, 2.45) is 5.73 Å². The van der Waals surface area contributed by atoms with Gasteiger partial charge in [0.1, 0.15) is 0 Å². The molecule has 1 aromatic heterocycles. The third-order valence-electron chi connectivity index (χ3n) is 0.362. The molecule has 0 aliphatic carbocycles. The van der Waals surface area contributed by atoms with Crippen LogP contribution in [0.25, 0.3) is 0 Å². The molecule has 6 heteroatoms. The predicted molar refractivity (Wildman–Crippen MR) is 33.3 cm³/mol. The second-order valence-electron chi connectivity index (χ2n) is 1.19. The number of hydrogen-bond acceptors (Lipinski definition) is 5. The normalized spacial score (nSPS) is 7.78. The van der Waals surface area contributed by atoms with Crippen LogP contribution in [0.2, 0.25) is 0 Å². The molecule has 1 rings (SSSR count). The first-order valence-corrected chi connectivity index (χ1v) is 2.50. The summed E-state index contributed by atoms with van der Waals surface area (Å²) in [5, 5.41) is 11.9. The van der Waals surface area contributed by atoms with E-state index in [2.05, 4.69) is 20.6 Å². The maximum atomic E-state index is 4.99. The van der Waals surface area contributed by atoms with E-state index in [0.717, 1.165) is 6.54 Å². The molecule has 0 amide bonds. The third-order valence-corrected chi connectivity index (χ3v) is 0.362. The topological polar surface area (TPSA) is 106 Å². The summed E-state index contributed by atoms with van der Waals surface area (Å²) in [6, 6.07) is 0. The van der Waals surface area contributed by atoms with E-state index < -0.39 is 0 Å². The van der Waals surface area contributed by atoms with Gasteiger partial charge in [0.05, 0.1) is 0 Å². The molecule has 1 heterocycles. The summed E-state index contributed by atoms with van der Waals surface area (Å²) in [5.74, 6) is 0.245. The standard InChI is InChI=1S/C2H7N.CH3N5/c1-2-3;2-1-3-5-6-4-1/h2-3H2,1H3;(H3,2,3,4,5,6). The van der Waals surface area contributed by atoms with Crippen LogP contribution in [0.5, 0.6) is 0 Å².